The molecule has 1 aliphatic rings. The number of sulfonamides is 1. The molecule has 1 amide bonds. The van der Waals surface area contributed by atoms with Gasteiger partial charge >= 0.3 is 0 Å². The zero-order valence-corrected chi connectivity index (χ0v) is 19.7. The number of anilines is 1. The molecule has 0 atom stereocenters. The van der Waals surface area contributed by atoms with Gasteiger partial charge in [0.1, 0.15) is 0 Å². The summed E-state index contributed by atoms with van der Waals surface area (Å²) >= 11 is 1.36. The van der Waals surface area contributed by atoms with Gasteiger partial charge in [0.15, 0.2) is 0 Å². The SMILES string of the molecule is Cc1cc(SCC(=O)Nc2ccccc2)nc2ccc(S(=O)(=O)N3CCCCCC3)cc12. The van der Waals surface area contributed by atoms with Crippen LogP contribution in [-0.2, 0) is 14.8 Å². The standard InChI is InChI=1S/C24H27N3O3S2/c1-18-15-24(31-17-23(28)25-19-9-5-4-6-10-19)26-22-12-11-20(16-21(18)22)32(29,30)27-13-7-2-3-8-14-27/h4-6,9-12,15-16H,2-3,7-8,13-14,17H2,1H3,(H,25,28). The number of aryl methyl sites for hydroxylation is 1. The van der Waals surface area contributed by atoms with Gasteiger partial charge in [-0.3, -0.25) is 4.79 Å². The van der Waals surface area contributed by atoms with Crippen molar-refractivity contribution < 1.29 is 13.2 Å². The first-order valence-electron chi connectivity index (χ1n) is 10.8. The van der Waals surface area contributed by atoms with Gasteiger partial charge in [-0.25, -0.2) is 13.4 Å². The van der Waals surface area contributed by atoms with Crippen molar-refractivity contribution in [1.29, 1.82) is 0 Å². The van der Waals surface area contributed by atoms with Crippen LogP contribution in [-0.4, -0.2) is 42.5 Å². The smallest absolute Gasteiger partial charge is 0.243 e. The Morgan fingerprint density at radius 2 is 1.75 bits per heavy atom. The van der Waals surface area contributed by atoms with Crippen LogP contribution in [0, 0.1) is 6.92 Å². The van der Waals surface area contributed by atoms with Crippen molar-refractivity contribution in [2.24, 2.45) is 0 Å². The molecule has 1 fully saturated rings. The first kappa shape index (κ1) is 22.8. The summed E-state index contributed by atoms with van der Waals surface area (Å²) in [5.74, 6) is 0.147. The average Bonchev–Trinajstić information content (AvgIpc) is 3.08. The van der Waals surface area contributed by atoms with Gasteiger partial charge in [0, 0.05) is 24.2 Å². The van der Waals surface area contributed by atoms with E-state index in [-0.39, 0.29) is 11.7 Å². The predicted octanol–water partition coefficient (Wildman–Crippen LogP) is 4.84. The molecule has 3 aromatic rings. The third-order valence-corrected chi connectivity index (χ3v) is 8.38. The molecule has 0 radical (unpaired) electrons. The molecule has 0 bridgehead atoms. The topological polar surface area (TPSA) is 79.4 Å². The molecule has 1 N–H and O–H groups in total. The number of hydrogen-bond donors (Lipinski definition) is 1. The number of carbonyl (C=O) groups excluding carboxylic acids is 1. The summed E-state index contributed by atoms with van der Waals surface area (Å²) in [6.45, 7) is 3.11. The molecule has 1 aromatic heterocycles. The van der Waals surface area contributed by atoms with Crippen LogP contribution in [0.25, 0.3) is 10.9 Å². The van der Waals surface area contributed by atoms with Crippen LogP contribution >= 0.6 is 11.8 Å². The average molecular weight is 470 g/mol. The fourth-order valence-corrected chi connectivity index (χ4v) is 6.18. The highest BCUT2D eigenvalue weighted by Gasteiger charge is 2.25. The lowest BCUT2D eigenvalue weighted by atomic mass is 10.1. The third kappa shape index (κ3) is 5.31. The molecule has 32 heavy (non-hydrogen) atoms. The first-order valence-corrected chi connectivity index (χ1v) is 13.3. The summed E-state index contributed by atoms with van der Waals surface area (Å²) in [7, 11) is -3.51. The van der Waals surface area contributed by atoms with Gasteiger partial charge in [0.05, 0.1) is 21.2 Å². The van der Waals surface area contributed by atoms with Gasteiger partial charge in [-0.1, -0.05) is 42.8 Å². The minimum Gasteiger partial charge on any atom is -0.325 e. The van der Waals surface area contributed by atoms with E-state index in [9.17, 15) is 13.2 Å². The molecule has 0 spiro atoms. The van der Waals surface area contributed by atoms with Gasteiger partial charge in [0.2, 0.25) is 15.9 Å². The number of benzene rings is 2. The normalized spacial score (nSPS) is 15.4. The molecule has 0 saturated carbocycles. The molecule has 1 aliphatic heterocycles. The Balaban J connectivity index is 1.50. The van der Waals surface area contributed by atoms with E-state index in [1.54, 1.807) is 22.5 Å². The predicted molar refractivity (Wildman–Crippen MR) is 130 cm³/mol. The number of nitrogens with one attached hydrogen (secondary N) is 1. The Morgan fingerprint density at radius 3 is 2.47 bits per heavy atom. The van der Waals surface area contributed by atoms with Gasteiger partial charge in [-0.2, -0.15) is 4.31 Å². The van der Waals surface area contributed by atoms with Crippen LogP contribution in [0.4, 0.5) is 5.69 Å². The van der Waals surface area contributed by atoms with Crippen molar-refractivity contribution in [2.45, 2.75) is 42.5 Å². The Labute approximate surface area is 193 Å². The first-order chi connectivity index (χ1) is 15.4. The number of thioether (sulfide) groups is 1. The van der Waals surface area contributed by atoms with Crippen LogP contribution in [0.15, 0.2) is 64.5 Å². The number of carbonyl (C=O) groups is 1. The summed E-state index contributed by atoms with van der Waals surface area (Å²) in [5.41, 5.74) is 2.43. The molecule has 2 heterocycles. The maximum Gasteiger partial charge on any atom is 0.243 e. The lowest BCUT2D eigenvalue weighted by molar-refractivity contribution is -0.113. The number of nitrogens with zero attached hydrogens (tertiary/aromatic N) is 2. The second-order valence-corrected chi connectivity index (χ2v) is 10.9. The number of pyridine rings is 1. The molecular formula is C24H27N3O3S2. The summed E-state index contributed by atoms with van der Waals surface area (Å²) in [6.07, 6.45) is 3.98. The Kier molecular flexibility index (Phi) is 7.13. The lowest BCUT2D eigenvalue weighted by Crippen LogP contribution is -2.31. The van der Waals surface area contributed by atoms with E-state index >= 15 is 0 Å². The Bertz CT molecular complexity index is 1210. The highest BCUT2D eigenvalue weighted by atomic mass is 32.2. The lowest BCUT2D eigenvalue weighted by Gasteiger charge is -2.20. The number of para-hydroxylation sites is 1. The quantitative estimate of drug-likeness (QED) is 0.523. The zero-order valence-electron chi connectivity index (χ0n) is 18.1. The fourth-order valence-electron chi connectivity index (χ4n) is 3.87. The summed E-state index contributed by atoms with van der Waals surface area (Å²) in [6, 6.07) is 16.4. The van der Waals surface area contributed by atoms with Gasteiger partial charge in [0.25, 0.3) is 0 Å². The molecule has 4 rings (SSSR count). The largest absolute Gasteiger partial charge is 0.325 e. The minimum absolute atomic E-state index is 0.0976. The third-order valence-electron chi connectivity index (χ3n) is 5.57. The number of fused-ring (bicyclic) bond motifs is 1. The van der Waals surface area contributed by atoms with Crippen LogP contribution in [0.3, 0.4) is 0 Å². The molecule has 168 valence electrons. The Hall–Kier alpha value is -2.42. The van der Waals surface area contributed by atoms with E-state index in [4.69, 9.17) is 0 Å². The molecule has 8 heteroatoms. The van der Waals surface area contributed by atoms with E-state index in [1.807, 2.05) is 43.3 Å². The van der Waals surface area contributed by atoms with Gasteiger partial charge < -0.3 is 5.32 Å². The number of aromatic nitrogens is 1. The highest BCUT2D eigenvalue weighted by molar-refractivity contribution is 7.99. The minimum atomic E-state index is -3.51. The summed E-state index contributed by atoms with van der Waals surface area (Å²) in [5, 5.41) is 4.42. The molecule has 0 unspecified atom stereocenters. The number of amides is 1. The molecule has 1 saturated heterocycles. The Morgan fingerprint density at radius 1 is 1.03 bits per heavy atom. The van der Waals surface area contributed by atoms with Crippen LogP contribution in [0.2, 0.25) is 0 Å². The van der Waals surface area contributed by atoms with Gasteiger partial charge in [-0.15, -0.1) is 0 Å². The van der Waals surface area contributed by atoms with Crippen molar-refractivity contribution in [3.05, 3.63) is 60.2 Å². The summed E-state index contributed by atoms with van der Waals surface area (Å²) < 4.78 is 27.9. The van der Waals surface area contributed by atoms with Crippen molar-refractivity contribution in [3.63, 3.8) is 0 Å². The molecule has 0 aliphatic carbocycles. The van der Waals surface area contributed by atoms with E-state index < -0.39 is 10.0 Å². The van der Waals surface area contributed by atoms with Crippen LogP contribution < -0.4 is 5.32 Å². The second kappa shape index (κ2) is 10.0. The zero-order chi connectivity index (χ0) is 22.6. The molecule has 6 nitrogen and oxygen atoms in total. The van der Waals surface area contributed by atoms with E-state index in [1.165, 1.54) is 11.8 Å². The number of hydrogen-bond acceptors (Lipinski definition) is 5. The molecular weight excluding hydrogens is 442 g/mol. The van der Waals surface area contributed by atoms with Crippen molar-refractivity contribution >= 4 is 44.3 Å². The summed E-state index contributed by atoms with van der Waals surface area (Å²) in [4.78, 5) is 17.2. The van der Waals surface area contributed by atoms with Crippen LogP contribution in [0.5, 0.6) is 0 Å². The van der Waals surface area contributed by atoms with E-state index in [0.717, 1.165) is 52.9 Å². The second-order valence-electron chi connectivity index (χ2n) is 7.98. The van der Waals surface area contributed by atoms with E-state index in [0.29, 0.717) is 18.0 Å². The van der Waals surface area contributed by atoms with Crippen molar-refractivity contribution in [2.75, 3.05) is 24.2 Å². The maximum absolute atomic E-state index is 13.1. The van der Waals surface area contributed by atoms with Crippen molar-refractivity contribution in [3.8, 4) is 0 Å². The van der Waals surface area contributed by atoms with Crippen molar-refractivity contribution in [1.82, 2.24) is 9.29 Å². The van der Waals surface area contributed by atoms with Gasteiger partial charge in [-0.05, 0) is 61.7 Å². The fraction of sp³-hybridized carbons (Fsp3) is 0.333. The van der Waals surface area contributed by atoms with Crippen LogP contribution in [0.1, 0.15) is 31.2 Å². The maximum atomic E-state index is 13.1. The monoisotopic (exact) mass is 469 g/mol. The molecule has 2 aromatic carbocycles. The highest BCUT2D eigenvalue weighted by Crippen LogP contribution is 2.28. The number of rotatable bonds is 6. The van der Waals surface area contributed by atoms with E-state index in [2.05, 4.69) is 10.3 Å².